The maximum atomic E-state index is 9.55. The van der Waals surface area contributed by atoms with Gasteiger partial charge in [0.25, 0.3) is 0 Å². The number of para-hydroxylation sites is 1. The topological polar surface area (TPSA) is 93.1 Å². The highest BCUT2D eigenvalue weighted by molar-refractivity contribution is 7.99. The summed E-state index contributed by atoms with van der Waals surface area (Å²) in [6, 6.07) is 15.6. The number of nitrogens with zero attached hydrogens (tertiary/aromatic N) is 2. The number of benzene rings is 2. The molecule has 0 amide bonds. The molecule has 2 heterocycles. The number of rotatable bonds is 8. The van der Waals surface area contributed by atoms with Crippen LogP contribution < -0.4 is 10.2 Å². The van der Waals surface area contributed by atoms with Crippen LogP contribution >= 0.6 is 24.0 Å². The Labute approximate surface area is 220 Å². The lowest BCUT2D eigenvalue weighted by Crippen LogP contribution is -2.40. The molecule has 0 radical (unpaired) electrons. The second kappa shape index (κ2) is 13.1. The molecule has 0 saturated carbocycles. The van der Waals surface area contributed by atoms with Crippen LogP contribution in [-0.4, -0.2) is 64.3 Å². The summed E-state index contributed by atoms with van der Waals surface area (Å²) >= 11 is 7.43. The number of hydrogen-bond acceptors (Lipinski definition) is 6. The van der Waals surface area contributed by atoms with E-state index < -0.39 is 11.9 Å². The maximum Gasteiger partial charge on any atom is 0.328 e. The summed E-state index contributed by atoms with van der Waals surface area (Å²) in [5, 5.41) is 18.9. The summed E-state index contributed by atoms with van der Waals surface area (Å²) in [6.45, 7) is 9.85. The van der Waals surface area contributed by atoms with Gasteiger partial charge in [-0.2, -0.15) is 0 Å². The molecule has 2 aliphatic rings. The van der Waals surface area contributed by atoms with Gasteiger partial charge in [-0.3, -0.25) is 4.90 Å². The molecule has 2 aromatic rings. The Morgan fingerprint density at radius 2 is 1.72 bits per heavy atom. The summed E-state index contributed by atoms with van der Waals surface area (Å²) in [5.74, 6) is -2.51. The Morgan fingerprint density at radius 3 is 2.36 bits per heavy atom. The number of fused-ring (bicyclic) bond motifs is 2. The van der Waals surface area contributed by atoms with E-state index in [0.717, 1.165) is 30.2 Å². The van der Waals surface area contributed by atoms with Crippen LogP contribution in [0.4, 0.5) is 11.4 Å². The lowest BCUT2D eigenvalue weighted by atomic mass is 10.1. The van der Waals surface area contributed by atoms with Crippen LogP contribution in [0.2, 0.25) is 0 Å². The number of anilines is 2. The summed E-state index contributed by atoms with van der Waals surface area (Å²) < 4.78 is 0. The lowest BCUT2D eigenvalue weighted by molar-refractivity contribution is -0.134. The number of hydrogen-bond donors (Lipinski definition) is 3. The van der Waals surface area contributed by atoms with Crippen molar-refractivity contribution in [2.75, 3.05) is 31.1 Å². The quantitative estimate of drug-likeness (QED) is 0.258. The van der Waals surface area contributed by atoms with Gasteiger partial charge in [-0.15, -0.1) is 6.58 Å². The molecule has 0 aromatic heterocycles. The number of carboxylic acid groups (broad SMARTS) is 2. The van der Waals surface area contributed by atoms with E-state index in [4.69, 9.17) is 22.4 Å². The van der Waals surface area contributed by atoms with Crippen LogP contribution in [0, 0.1) is 0 Å². The molecule has 0 bridgehead atoms. The molecule has 7 nitrogen and oxygen atoms in total. The van der Waals surface area contributed by atoms with Crippen molar-refractivity contribution < 1.29 is 19.8 Å². The highest BCUT2D eigenvalue weighted by atomic mass is 32.2. The van der Waals surface area contributed by atoms with Gasteiger partial charge in [-0.05, 0) is 31.2 Å². The van der Waals surface area contributed by atoms with E-state index in [2.05, 4.69) is 83.2 Å². The van der Waals surface area contributed by atoms with E-state index in [9.17, 15) is 9.59 Å². The maximum absolute atomic E-state index is 9.55. The fourth-order valence-corrected chi connectivity index (χ4v) is 5.20. The molecule has 0 aliphatic carbocycles. The van der Waals surface area contributed by atoms with Gasteiger partial charge in [-0.25, -0.2) is 9.59 Å². The number of aliphatic carboxylic acids is 2. The first kappa shape index (κ1) is 27.2. The second-order valence-electron chi connectivity index (χ2n) is 8.17. The summed E-state index contributed by atoms with van der Waals surface area (Å²) in [7, 11) is 0. The van der Waals surface area contributed by atoms with Crippen LogP contribution in [0.1, 0.15) is 12.5 Å². The minimum atomic E-state index is -1.26. The third-order valence-corrected chi connectivity index (χ3v) is 6.97. The molecule has 36 heavy (non-hydrogen) atoms. The first-order valence-electron chi connectivity index (χ1n) is 11.4. The fourth-order valence-electron chi connectivity index (χ4n) is 3.93. The van der Waals surface area contributed by atoms with E-state index >= 15 is 0 Å². The number of nitrogens with one attached hydrogen (secondary N) is 1. The Kier molecular flexibility index (Phi) is 9.86. The van der Waals surface area contributed by atoms with E-state index in [1.54, 1.807) is 0 Å². The van der Waals surface area contributed by atoms with Crippen molar-refractivity contribution in [3.63, 3.8) is 0 Å². The fraction of sp³-hybridized carbons (Fsp3) is 0.222. The molecule has 2 aromatic carbocycles. The predicted octanol–water partition coefficient (Wildman–Crippen LogP) is 4.71. The molecule has 1 atom stereocenters. The van der Waals surface area contributed by atoms with E-state index in [1.165, 1.54) is 21.2 Å². The number of carbonyl (C=O) groups is 2. The Bertz CT molecular complexity index is 1170. The molecule has 1 unspecified atom stereocenters. The van der Waals surface area contributed by atoms with Gasteiger partial charge >= 0.3 is 11.9 Å². The van der Waals surface area contributed by atoms with Gasteiger partial charge in [0.1, 0.15) is 4.99 Å². The zero-order valence-electron chi connectivity index (χ0n) is 20.0. The van der Waals surface area contributed by atoms with Gasteiger partial charge < -0.3 is 20.4 Å². The van der Waals surface area contributed by atoms with Gasteiger partial charge in [0.15, 0.2) is 0 Å². The largest absolute Gasteiger partial charge is 0.478 e. The lowest BCUT2D eigenvalue weighted by Gasteiger charge is -2.39. The molecule has 9 heteroatoms. The molecular formula is C27H29N3O4S2. The highest BCUT2D eigenvalue weighted by Crippen LogP contribution is 2.49. The third kappa shape index (κ3) is 7.30. The van der Waals surface area contributed by atoms with Crippen LogP contribution in [-0.2, 0) is 9.59 Å². The first-order chi connectivity index (χ1) is 17.3. The average molecular weight is 524 g/mol. The minimum absolute atomic E-state index is 0.352. The average Bonchev–Trinajstić information content (AvgIpc) is 3.37. The Hall–Kier alpha value is -3.40. The summed E-state index contributed by atoms with van der Waals surface area (Å²) in [5.41, 5.74) is 3.57. The second-order valence-corrected chi connectivity index (χ2v) is 9.66. The third-order valence-electron chi connectivity index (χ3n) is 5.46. The van der Waals surface area contributed by atoms with Crippen molar-refractivity contribution in [1.82, 2.24) is 10.2 Å². The molecule has 0 spiro atoms. The summed E-state index contributed by atoms with van der Waals surface area (Å²) in [6.07, 6.45) is 7.45. The summed E-state index contributed by atoms with van der Waals surface area (Å²) in [4.78, 5) is 27.4. The molecule has 3 N–H and O–H groups in total. The molecule has 4 rings (SSSR count). The van der Waals surface area contributed by atoms with Gasteiger partial charge in [0.05, 0.1) is 11.4 Å². The van der Waals surface area contributed by atoms with Crippen LogP contribution in [0.5, 0.6) is 0 Å². The SMILES string of the molecule is C=CCNC(=S)c1ccc2c(c1)N(C(C)CN1CC=CC1)c1ccccc1S2.O=C(O)/C=C/C(=O)O. The zero-order valence-corrected chi connectivity index (χ0v) is 21.6. The van der Waals surface area contributed by atoms with E-state index in [1.807, 2.05) is 17.8 Å². The highest BCUT2D eigenvalue weighted by Gasteiger charge is 2.28. The van der Waals surface area contributed by atoms with Crippen molar-refractivity contribution in [2.24, 2.45) is 0 Å². The molecule has 188 valence electrons. The Balaban J connectivity index is 0.000000392. The van der Waals surface area contributed by atoms with Crippen molar-refractivity contribution >= 4 is 52.3 Å². The van der Waals surface area contributed by atoms with Crippen LogP contribution in [0.25, 0.3) is 0 Å². The van der Waals surface area contributed by atoms with Gasteiger partial charge in [-0.1, -0.05) is 60.4 Å². The standard InChI is InChI=1S/C23H25N3S2.C4H4O4/c1-3-12-24-23(27)18-10-11-22-20(15-18)26(17(2)16-25-13-6-7-14-25)19-8-4-5-9-21(19)28-22;5-3(6)1-2-4(7)8/h3-11,15,17H,1,12-14,16H2,2H3,(H,24,27);1-2H,(H,5,6)(H,7,8)/b;2-1+. The monoisotopic (exact) mass is 523 g/mol. The van der Waals surface area contributed by atoms with Crippen molar-refractivity contribution in [1.29, 1.82) is 0 Å². The zero-order chi connectivity index (χ0) is 26.1. The number of carboxylic acids is 2. The van der Waals surface area contributed by atoms with Crippen molar-refractivity contribution in [3.05, 3.63) is 85.0 Å². The van der Waals surface area contributed by atoms with Crippen molar-refractivity contribution in [3.8, 4) is 0 Å². The predicted molar refractivity (Wildman–Crippen MR) is 148 cm³/mol. The minimum Gasteiger partial charge on any atom is -0.478 e. The normalized spacial score (nSPS) is 14.9. The smallest absolute Gasteiger partial charge is 0.328 e. The Morgan fingerprint density at radius 1 is 1.08 bits per heavy atom. The van der Waals surface area contributed by atoms with E-state index in [0.29, 0.717) is 24.7 Å². The molecule has 0 fully saturated rings. The van der Waals surface area contributed by atoms with Gasteiger partial charge in [0.2, 0.25) is 0 Å². The first-order valence-corrected chi connectivity index (χ1v) is 12.6. The van der Waals surface area contributed by atoms with E-state index in [-0.39, 0.29) is 0 Å². The molecular weight excluding hydrogens is 494 g/mol. The molecule has 0 saturated heterocycles. The van der Waals surface area contributed by atoms with Crippen LogP contribution in [0.15, 0.2) is 89.2 Å². The molecule has 2 aliphatic heterocycles. The van der Waals surface area contributed by atoms with Crippen LogP contribution in [0.3, 0.4) is 0 Å². The number of thiocarbonyl (C=S) groups is 1. The van der Waals surface area contributed by atoms with Gasteiger partial charge in [0, 0.05) is 59.7 Å². The van der Waals surface area contributed by atoms with Crippen molar-refractivity contribution in [2.45, 2.75) is 22.8 Å².